The van der Waals surface area contributed by atoms with Gasteiger partial charge in [-0.2, -0.15) is 0 Å². The molecule has 3 aromatic rings. The predicted octanol–water partition coefficient (Wildman–Crippen LogP) is 4.44. The Hall–Kier alpha value is -3.41. The van der Waals surface area contributed by atoms with Gasteiger partial charge in [0.2, 0.25) is 0 Å². The van der Waals surface area contributed by atoms with Crippen molar-refractivity contribution in [2.45, 2.75) is 51.3 Å². The van der Waals surface area contributed by atoms with Gasteiger partial charge < -0.3 is 14.1 Å². The molecule has 2 aromatic carbocycles. The first-order chi connectivity index (χ1) is 15.1. The molecule has 31 heavy (non-hydrogen) atoms. The van der Waals surface area contributed by atoms with Crippen LogP contribution in [0, 0.1) is 0 Å². The molecule has 1 aliphatic heterocycles. The van der Waals surface area contributed by atoms with Gasteiger partial charge in [-0.25, -0.2) is 0 Å². The summed E-state index contributed by atoms with van der Waals surface area (Å²) in [6, 6.07) is 12.7. The van der Waals surface area contributed by atoms with Crippen molar-refractivity contribution in [3.63, 3.8) is 0 Å². The smallest absolute Gasteiger partial charge is 0.255 e. The van der Waals surface area contributed by atoms with Crippen molar-refractivity contribution in [1.82, 2.24) is 4.90 Å². The minimum absolute atomic E-state index is 0.0459. The number of carbonyl (C=O) groups excluding carboxylic acids is 3. The number of ether oxygens (including phenoxy) is 1. The third kappa shape index (κ3) is 3.74. The Morgan fingerprint density at radius 3 is 2.84 bits per heavy atom. The second-order valence-corrected chi connectivity index (χ2v) is 8.21. The van der Waals surface area contributed by atoms with E-state index in [1.165, 1.54) is 0 Å². The zero-order valence-electron chi connectivity index (χ0n) is 17.1. The number of amides is 1. The summed E-state index contributed by atoms with van der Waals surface area (Å²) in [5.74, 6) is 0.700. The van der Waals surface area contributed by atoms with Crippen LogP contribution in [0.5, 0.6) is 5.75 Å². The van der Waals surface area contributed by atoms with Crippen molar-refractivity contribution in [2.75, 3.05) is 0 Å². The van der Waals surface area contributed by atoms with Crippen molar-refractivity contribution < 1.29 is 23.5 Å². The Balaban J connectivity index is 1.35. The number of carbonyl (C=O) groups is 3. The Morgan fingerprint density at radius 2 is 1.94 bits per heavy atom. The third-order valence-corrected chi connectivity index (χ3v) is 6.19. The number of hydrogen-bond donors (Lipinski definition) is 0. The Morgan fingerprint density at radius 1 is 1.03 bits per heavy atom. The van der Waals surface area contributed by atoms with Crippen molar-refractivity contribution in [1.29, 1.82) is 0 Å². The number of nitrogens with zero attached hydrogens (tertiary/aromatic N) is 1. The Kier molecular flexibility index (Phi) is 5.06. The fourth-order valence-corrected chi connectivity index (χ4v) is 4.52. The van der Waals surface area contributed by atoms with Gasteiger partial charge in [0.1, 0.15) is 23.7 Å². The molecule has 1 atom stereocenters. The lowest BCUT2D eigenvalue weighted by Gasteiger charge is -2.28. The summed E-state index contributed by atoms with van der Waals surface area (Å²) < 4.78 is 11.5. The molecule has 158 valence electrons. The van der Waals surface area contributed by atoms with Crippen LogP contribution >= 0.6 is 0 Å². The predicted molar refractivity (Wildman–Crippen MR) is 114 cm³/mol. The highest BCUT2D eigenvalue weighted by molar-refractivity contribution is 6.02. The lowest BCUT2D eigenvalue weighted by atomic mass is 9.94. The number of hydrogen-bond acceptors (Lipinski definition) is 5. The fourth-order valence-electron chi connectivity index (χ4n) is 4.52. The summed E-state index contributed by atoms with van der Waals surface area (Å²) in [4.78, 5) is 39.3. The normalized spacial score (nSPS) is 19.4. The monoisotopic (exact) mass is 417 g/mol. The molecular formula is C25H23NO5. The molecule has 2 aliphatic rings. The molecule has 2 heterocycles. The molecule has 0 spiro atoms. The topological polar surface area (TPSA) is 76.8 Å². The minimum atomic E-state index is -0.541. The molecular weight excluding hydrogens is 394 g/mol. The molecule has 1 aromatic heterocycles. The van der Waals surface area contributed by atoms with E-state index >= 15 is 0 Å². The maximum Gasteiger partial charge on any atom is 0.255 e. The van der Waals surface area contributed by atoms with Crippen LogP contribution in [-0.2, 0) is 22.7 Å². The summed E-state index contributed by atoms with van der Waals surface area (Å²) in [5.41, 5.74) is 3.20. The largest absolute Gasteiger partial charge is 0.489 e. The second-order valence-electron chi connectivity index (χ2n) is 8.21. The van der Waals surface area contributed by atoms with Crippen LogP contribution in [-0.4, -0.2) is 28.4 Å². The van der Waals surface area contributed by atoms with Crippen LogP contribution in [0.1, 0.15) is 53.6 Å². The first kappa shape index (κ1) is 19.5. The van der Waals surface area contributed by atoms with Crippen LogP contribution < -0.4 is 4.74 Å². The van der Waals surface area contributed by atoms with Gasteiger partial charge in [-0.15, -0.1) is 0 Å². The highest BCUT2D eigenvalue weighted by Crippen LogP contribution is 2.34. The van der Waals surface area contributed by atoms with Gasteiger partial charge in [0, 0.05) is 35.8 Å². The van der Waals surface area contributed by atoms with Crippen LogP contribution in [0.15, 0.2) is 53.1 Å². The summed E-state index contributed by atoms with van der Waals surface area (Å²) in [6.45, 7) is 0.693. The van der Waals surface area contributed by atoms with E-state index in [1.807, 2.05) is 30.3 Å². The molecule has 1 aliphatic carbocycles. The third-order valence-electron chi connectivity index (χ3n) is 6.19. The van der Waals surface area contributed by atoms with E-state index in [2.05, 4.69) is 0 Å². The SMILES string of the molecule is O=C1CCCC(=O)C(N2Cc3c(OCc4ccc5occc5c4)cccc3C2=O)CC1. The van der Waals surface area contributed by atoms with Gasteiger partial charge in [0.25, 0.3) is 5.91 Å². The molecule has 0 radical (unpaired) electrons. The van der Waals surface area contributed by atoms with Gasteiger partial charge in [-0.1, -0.05) is 12.1 Å². The molecule has 6 nitrogen and oxygen atoms in total. The van der Waals surface area contributed by atoms with E-state index in [1.54, 1.807) is 23.3 Å². The molecule has 1 unspecified atom stereocenters. The van der Waals surface area contributed by atoms with Crippen LogP contribution in [0.4, 0.5) is 0 Å². The van der Waals surface area contributed by atoms with Crippen LogP contribution in [0.3, 0.4) is 0 Å². The molecule has 0 bridgehead atoms. The van der Waals surface area contributed by atoms with Gasteiger partial charge >= 0.3 is 0 Å². The first-order valence-corrected chi connectivity index (χ1v) is 10.7. The number of furan rings is 1. The lowest BCUT2D eigenvalue weighted by Crippen LogP contribution is -2.42. The highest BCUT2D eigenvalue weighted by Gasteiger charge is 2.38. The lowest BCUT2D eigenvalue weighted by molar-refractivity contribution is -0.126. The molecule has 6 heteroatoms. The van der Waals surface area contributed by atoms with Crippen molar-refractivity contribution in [2.24, 2.45) is 0 Å². The molecule has 0 saturated heterocycles. The van der Waals surface area contributed by atoms with Crippen molar-refractivity contribution in [3.05, 3.63) is 65.4 Å². The highest BCUT2D eigenvalue weighted by atomic mass is 16.5. The summed E-state index contributed by atoms with van der Waals surface area (Å²) in [6.07, 6.45) is 3.77. The standard InChI is InChI=1S/C25H23NO5/c27-18-3-1-5-22(28)21(9-8-18)26-14-20-19(25(26)29)4-2-6-24(20)31-15-16-7-10-23-17(13-16)11-12-30-23/h2,4,6-7,10-13,21H,1,3,5,8-9,14-15H2. The van der Waals surface area contributed by atoms with E-state index in [0.717, 1.165) is 22.1 Å². The van der Waals surface area contributed by atoms with Gasteiger partial charge in [0.15, 0.2) is 5.78 Å². The van der Waals surface area contributed by atoms with E-state index in [9.17, 15) is 14.4 Å². The Bertz CT molecular complexity index is 1180. The quantitative estimate of drug-likeness (QED) is 0.627. The van der Waals surface area contributed by atoms with E-state index < -0.39 is 6.04 Å². The van der Waals surface area contributed by atoms with Crippen LogP contribution in [0.2, 0.25) is 0 Å². The first-order valence-electron chi connectivity index (χ1n) is 10.7. The van der Waals surface area contributed by atoms with Crippen molar-refractivity contribution >= 4 is 28.4 Å². The van der Waals surface area contributed by atoms with E-state index in [-0.39, 0.29) is 17.5 Å². The summed E-state index contributed by atoms with van der Waals surface area (Å²) in [7, 11) is 0. The molecule has 1 saturated carbocycles. The molecule has 1 amide bonds. The number of Topliss-reactive ketones (excluding diaryl/α,β-unsaturated/α-hetero) is 2. The fraction of sp³-hybridized carbons (Fsp3) is 0.320. The minimum Gasteiger partial charge on any atom is -0.489 e. The maximum absolute atomic E-state index is 13.1. The summed E-state index contributed by atoms with van der Waals surface area (Å²) >= 11 is 0. The van der Waals surface area contributed by atoms with Crippen molar-refractivity contribution in [3.8, 4) is 5.75 Å². The number of ketones is 2. The molecule has 5 rings (SSSR count). The van der Waals surface area contributed by atoms with E-state index in [4.69, 9.17) is 9.15 Å². The zero-order valence-corrected chi connectivity index (χ0v) is 17.1. The second kappa shape index (κ2) is 8.02. The number of fused-ring (bicyclic) bond motifs is 2. The van der Waals surface area contributed by atoms with Crippen LogP contribution in [0.25, 0.3) is 11.0 Å². The van der Waals surface area contributed by atoms with Gasteiger partial charge in [-0.3, -0.25) is 14.4 Å². The summed E-state index contributed by atoms with van der Waals surface area (Å²) in [5, 5.41) is 1.01. The number of benzene rings is 2. The molecule has 1 fully saturated rings. The van der Waals surface area contributed by atoms with Gasteiger partial charge in [-0.05, 0) is 48.7 Å². The van der Waals surface area contributed by atoms with E-state index in [0.29, 0.717) is 56.6 Å². The maximum atomic E-state index is 13.1. The number of rotatable bonds is 4. The Labute approximate surface area is 179 Å². The average molecular weight is 417 g/mol. The average Bonchev–Trinajstić information content (AvgIpc) is 3.36. The van der Waals surface area contributed by atoms with Gasteiger partial charge in [0.05, 0.1) is 18.8 Å². The zero-order chi connectivity index (χ0) is 21.4. The molecule has 0 N–H and O–H groups in total.